The van der Waals surface area contributed by atoms with Gasteiger partial charge in [0, 0.05) is 25.5 Å². The molecule has 0 aliphatic carbocycles. The van der Waals surface area contributed by atoms with E-state index in [1.807, 2.05) is 50.4 Å². The summed E-state index contributed by atoms with van der Waals surface area (Å²) in [6.45, 7) is 1.94. The molecule has 2 aromatic rings. The highest BCUT2D eigenvalue weighted by Crippen LogP contribution is 2.23. The van der Waals surface area contributed by atoms with Gasteiger partial charge in [-0.25, -0.2) is 9.97 Å². The zero-order valence-corrected chi connectivity index (χ0v) is 14.4. The van der Waals surface area contributed by atoms with Gasteiger partial charge in [-0.3, -0.25) is 4.79 Å². The summed E-state index contributed by atoms with van der Waals surface area (Å²) in [7, 11) is 3.94. The third-order valence-electron chi connectivity index (χ3n) is 3.09. The van der Waals surface area contributed by atoms with Crippen LogP contribution < -0.4 is 10.2 Å². The molecule has 2 rings (SSSR count). The Bertz CT molecular complexity index is 706. The molecule has 0 saturated carbocycles. The highest BCUT2D eigenvalue weighted by Gasteiger charge is 2.15. The van der Waals surface area contributed by atoms with Gasteiger partial charge in [0.15, 0.2) is 10.9 Å². The average Bonchev–Trinajstić information content (AvgIpc) is 2.49. The lowest BCUT2D eigenvalue weighted by Crippen LogP contribution is -2.16. The van der Waals surface area contributed by atoms with E-state index in [4.69, 9.17) is 11.6 Å². The average molecular weight is 337 g/mol. The number of halogens is 1. The van der Waals surface area contributed by atoms with Crippen molar-refractivity contribution in [1.82, 2.24) is 9.97 Å². The van der Waals surface area contributed by atoms with E-state index in [9.17, 15) is 4.79 Å². The van der Waals surface area contributed by atoms with Crippen molar-refractivity contribution in [3.63, 3.8) is 0 Å². The zero-order valence-electron chi connectivity index (χ0n) is 12.8. The Labute approximate surface area is 139 Å². The molecule has 116 valence electrons. The molecule has 1 aromatic heterocycles. The van der Waals surface area contributed by atoms with Crippen LogP contribution in [-0.2, 0) is 0 Å². The van der Waals surface area contributed by atoms with Crippen LogP contribution in [0, 0.1) is 6.92 Å². The van der Waals surface area contributed by atoms with E-state index in [1.54, 1.807) is 0 Å². The summed E-state index contributed by atoms with van der Waals surface area (Å²) >= 11 is 7.38. The van der Waals surface area contributed by atoms with Crippen LogP contribution in [0.1, 0.15) is 16.1 Å². The Morgan fingerprint density at radius 3 is 2.68 bits per heavy atom. The number of carbonyl (C=O) groups is 1. The monoisotopic (exact) mass is 336 g/mol. The van der Waals surface area contributed by atoms with E-state index in [0.29, 0.717) is 5.16 Å². The molecule has 0 atom stereocenters. The van der Waals surface area contributed by atoms with Crippen LogP contribution in [0.25, 0.3) is 0 Å². The minimum absolute atomic E-state index is 0.178. The summed E-state index contributed by atoms with van der Waals surface area (Å²) in [4.78, 5) is 22.6. The van der Waals surface area contributed by atoms with Gasteiger partial charge in [-0.05, 0) is 36.9 Å². The molecule has 7 heteroatoms. The van der Waals surface area contributed by atoms with Crippen molar-refractivity contribution in [1.29, 1.82) is 0 Å². The number of anilines is 2. The quantitative estimate of drug-likeness (QED) is 0.684. The standard InChI is InChI=1S/C15H17ClN4OS/c1-9-7-10(20(2)3)5-6-12(9)18-14(21)13-11(16)8-17-15(19-13)22-4/h5-8H,1-4H3,(H,18,21). The Hall–Kier alpha value is -1.79. The summed E-state index contributed by atoms with van der Waals surface area (Å²) in [6.07, 6.45) is 3.28. The molecule has 0 saturated heterocycles. The van der Waals surface area contributed by atoms with E-state index in [2.05, 4.69) is 15.3 Å². The van der Waals surface area contributed by atoms with Crippen molar-refractivity contribution in [3.05, 3.63) is 40.7 Å². The molecule has 1 amide bonds. The molecular weight excluding hydrogens is 320 g/mol. The van der Waals surface area contributed by atoms with Crippen LogP contribution in [0.2, 0.25) is 5.02 Å². The van der Waals surface area contributed by atoms with Gasteiger partial charge in [0.2, 0.25) is 0 Å². The number of carbonyl (C=O) groups excluding carboxylic acids is 1. The molecule has 1 heterocycles. The SMILES string of the molecule is CSc1ncc(Cl)c(C(=O)Nc2ccc(N(C)C)cc2C)n1. The van der Waals surface area contributed by atoms with Crippen LogP contribution in [0.4, 0.5) is 11.4 Å². The van der Waals surface area contributed by atoms with Gasteiger partial charge in [-0.1, -0.05) is 23.4 Å². The van der Waals surface area contributed by atoms with Crippen molar-refractivity contribution < 1.29 is 4.79 Å². The van der Waals surface area contributed by atoms with E-state index < -0.39 is 0 Å². The number of hydrogen-bond acceptors (Lipinski definition) is 5. The molecule has 22 heavy (non-hydrogen) atoms. The van der Waals surface area contributed by atoms with E-state index in [0.717, 1.165) is 16.9 Å². The number of nitrogens with zero attached hydrogens (tertiary/aromatic N) is 3. The molecule has 1 aromatic carbocycles. The molecule has 0 spiro atoms. The molecule has 0 unspecified atom stereocenters. The summed E-state index contributed by atoms with van der Waals surface area (Å²) in [5.74, 6) is -0.344. The summed E-state index contributed by atoms with van der Waals surface area (Å²) < 4.78 is 0. The zero-order chi connectivity index (χ0) is 16.3. The number of aromatic nitrogens is 2. The fourth-order valence-corrected chi connectivity index (χ4v) is 2.37. The molecule has 1 N–H and O–H groups in total. The maximum Gasteiger partial charge on any atom is 0.275 e. The lowest BCUT2D eigenvalue weighted by molar-refractivity contribution is 0.102. The maximum absolute atomic E-state index is 12.4. The molecule has 0 fully saturated rings. The summed E-state index contributed by atoms with van der Waals surface area (Å²) in [5.41, 5.74) is 2.95. The van der Waals surface area contributed by atoms with Crippen LogP contribution in [0.15, 0.2) is 29.6 Å². The normalized spacial score (nSPS) is 10.4. The number of amides is 1. The van der Waals surface area contributed by atoms with Crippen molar-refractivity contribution in [2.24, 2.45) is 0 Å². The van der Waals surface area contributed by atoms with Crippen molar-refractivity contribution in [2.75, 3.05) is 30.6 Å². The third-order valence-corrected chi connectivity index (χ3v) is 3.93. The highest BCUT2D eigenvalue weighted by molar-refractivity contribution is 7.98. The van der Waals surface area contributed by atoms with E-state index >= 15 is 0 Å². The Morgan fingerprint density at radius 1 is 1.36 bits per heavy atom. The molecule has 0 aliphatic heterocycles. The highest BCUT2D eigenvalue weighted by atomic mass is 35.5. The Kier molecular flexibility index (Phi) is 5.26. The van der Waals surface area contributed by atoms with E-state index in [-0.39, 0.29) is 16.6 Å². The molecule has 0 radical (unpaired) electrons. The largest absolute Gasteiger partial charge is 0.378 e. The van der Waals surface area contributed by atoms with Crippen LogP contribution >= 0.6 is 23.4 Å². The van der Waals surface area contributed by atoms with Gasteiger partial charge in [-0.15, -0.1) is 0 Å². The number of thioether (sulfide) groups is 1. The maximum atomic E-state index is 12.4. The second-order valence-electron chi connectivity index (χ2n) is 4.90. The Balaban J connectivity index is 2.26. The first-order chi connectivity index (χ1) is 10.4. The van der Waals surface area contributed by atoms with Crippen molar-refractivity contribution >= 4 is 40.6 Å². The first-order valence-electron chi connectivity index (χ1n) is 6.58. The van der Waals surface area contributed by atoms with Crippen LogP contribution in [0.3, 0.4) is 0 Å². The fourth-order valence-electron chi connectivity index (χ4n) is 1.86. The summed E-state index contributed by atoms with van der Waals surface area (Å²) in [5, 5.41) is 3.59. The van der Waals surface area contributed by atoms with Gasteiger partial charge in [-0.2, -0.15) is 0 Å². The van der Waals surface area contributed by atoms with Gasteiger partial charge in [0.05, 0.1) is 11.2 Å². The fraction of sp³-hybridized carbons (Fsp3) is 0.267. The second-order valence-corrected chi connectivity index (χ2v) is 6.08. The smallest absolute Gasteiger partial charge is 0.275 e. The Morgan fingerprint density at radius 2 is 2.09 bits per heavy atom. The first-order valence-corrected chi connectivity index (χ1v) is 8.18. The second kappa shape index (κ2) is 6.98. The number of hydrogen-bond donors (Lipinski definition) is 1. The van der Waals surface area contributed by atoms with Crippen molar-refractivity contribution in [3.8, 4) is 0 Å². The molecular formula is C15H17ClN4OS. The lowest BCUT2D eigenvalue weighted by atomic mass is 10.1. The van der Waals surface area contributed by atoms with E-state index in [1.165, 1.54) is 18.0 Å². The van der Waals surface area contributed by atoms with Gasteiger partial charge < -0.3 is 10.2 Å². The molecule has 0 bridgehead atoms. The minimum Gasteiger partial charge on any atom is -0.378 e. The number of rotatable bonds is 4. The van der Waals surface area contributed by atoms with Gasteiger partial charge in [0.25, 0.3) is 5.91 Å². The predicted octanol–water partition coefficient (Wildman–Crippen LogP) is 3.48. The first kappa shape index (κ1) is 16.6. The molecule has 5 nitrogen and oxygen atoms in total. The number of nitrogens with one attached hydrogen (secondary N) is 1. The van der Waals surface area contributed by atoms with Gasteiger partial charge in [0.1, 0.15) is 0 Å². The minimum atomic E-state index is -0.344. The predicted molar refractivity (Wildman–Crippen MR) is 92.3 cm³/mol. The van der Waals surface area contributed by atoms with Crippen LogP contribution in [0.5, 0.6) is 0 Å². The number of aryl methyl sites for hydroxylation is 1. The lowest BCUT2D eigenvalue weighted by Gasteiger charge is -2.15. The van der Waals surface area contributed by atoms with Crippen molar-refractivity contribution in [2.45, 2.75) is 12.1 Å². The van der Waals surface area contributed by atoms with Crippen LogP contribution in [-0.4, -0.2) is 36.2 Å². The topological polar surface area (TPSA) is 58.1 Å². The third kappa shape index (κ3) is 3.69. The van der Waals surface area contributed by atoms with Gasteiger partial charge >= 0.3 is 0 Å². The molecule has 0 aliphatic rings. The summed E-state index contributed by atoms with van der Waals surface area (Å²) in [6, 6.07) is 5.81. The number of benzene rings is 1.